The zero-order valence-corrected chi connectivity index (χ0v) is 21.9. The van der Waals surface area contributed by atoms with E-state index in [1.54, 1.807) is 28.2 Å². The number of furan rings is 1. The SMILES string of the molecule is CCN1C(=O)N[C@H](c2ccc(C)cc2C)C2=C1CN([C@H](Cc1ccccc1)C(=O)NCc1ccco1)C2=O. The van der Waals surface area contributed by atoms with Crippen LogP contribution in [0.4, 0.5) is 4.79 Å². The molecule has 0 bridgehead atoms. The van der Waals surface area contributed by atoms with Crippen LogP contribution in [0.15, 0.2) is 82.6 Å². The molecule has 2 aromatic carbocycles. The molecule has 2 aliphatic heterocycles. The van der Waals surface area contributed by atoms with E-state index in [0.717, 1.165) is 22.3 Å². The monoisotopic (exact) mass is 512 g/mol. The molecule has 0 spiro atoms. The van der Waals surface area contributed by atoms with Crippen molar-refractivity contribution in [3.63, 3.8) is 0 Å². The molecule has 1 aromatic heterocycles. The van der Waals surface area contributed by atoms with Crippen molar-refractivity contribution in [3.05, 3.63) is 106 Å². The number of aryl methyl sites for hydroxylation is 2. The quantitative estimate of drug-likeness (QED) is 0.477. The summed E-state index contributed by atoms with van der Waals surface area (Å²) in [5, 5.41) is 5.98. The fourth-order valence-electron chi connectivity index (χ4n) is 5.37. The summed E-state index contributed by atoms with van der Waals surface area (Å²) in [6.45, 7) is 6.70. The summed E-state index contributed by atoms with van der Waals surface area (Å²) >= 11 is 0. The average Bonchev–Trinajstić information content (AvgIpc) is 3.54. The van der Waals surface area contributed by atoms with Gasteiger partial charge in [0.15, 0.2) is 0 Å². The van der Waals surface area contributed by atoms with Crippen LogP contribution in [-0.4, -0.2) is 46.8 Å². The molecule has 38 heavy (non-hydrogen) atoms. The van der Waals surface area contributed by atoms with E-state index in [1.165, 1.54) is 0 Å². The Morgan fingerprint density at radius 1 is 1.11 bits per heavy atom. The second-order valence-electron chi connectivity index (χ2n) is 9.78. The number of nitrogens with zero attached hydrogens (tertiary/aromatic N) is 2. The molecule has 0 fully saturated rings. The molecule has 0 saturated heterocycles. The van der Waals surface area contributed by atoms with Gasteiger partial charge in [-0.25, -0.2) is 4.79 Å². The number of carbonyl (C=O) groups is 3. The molecule has 0 aliphatic carbocycles. The zero-order chi connectivity index (χ0) is 26.8. The maximum atomic E-state index is 14.1. The van der Waals surface area contributed by atoms with Crippen molar-refractivity contribution in [1.29, 1.82) is 0 Å². The average molecular weight is 513 g/mol. The molecule has 8 heteroatoms. The number of rotatable bonds is 8. The molecule has 4 amide bonds. The van der Waals surface area contributed by atoms with Crippen molar-refractivity contribution in [2.45, 2.75) is 45.8 Å². The van der Waals surface area contributed by atoms with Crippen LogP contribution in [0.1, 0.15) is 41.0 Å². The van der Waals surface area contributed by atoms with Crippen LogP contribution in [0.2, 0.25) is 0 Å². The Bertz CT molecular complexity index is 1380. The molecule has 0 unspecified atom stereocenters. The van der Waals surface area contributed by atoms with Gasteiger partial charge in [0, 0.05) is 13.0 Å². The van der Waals surface area contributed by atoms with Crippen LogP contribution in [-0.2, 0) is 22.6 Å². The number of hydrogen-bond donors (Lipinski definition) is 2. The maximum absolute atomic E-state index is 14.1. The lowest BCUT2D eigenvalue weighted by Gasteiger charge is -2.33. The Morgan fingerprint density at radius 3 is 2.58 bits per heavy atom. The van der Waals surface area contributed by atoms with Gasteiger partial charge in [-0.15, -0.1) is 0 Å². The van der Waals surface area contributed by atoms with Gasteiger partial charge in [-0.3, -0.25) is 14.5 Å². The van der Waals surface area contributed by atoms with Crippen LogP contribution in [0.3, 0.4) is 0 Å². The normalized spacial score (nSPS) is 17.9. The molecule has 2 atom stereocenters. The first kappa shape index (κ1) is 25.3. The topological polar surface area (TPSA) is 94.9 Å². The van der Waals surface area contributed by atoms with Crippen molar-refractivity contribution >= 4 is 17.8 Å². The highest BCUT2D eigenvalue weighted by molar-refractivity contribution is 6.03. The summed E-state index contributed by atoms with van der Waals surface area (Å²) in [5.74, 6) is 0.116. The van der Waals surface area contributed by atoms with E-state index >= 15 is 0 Å². The summed E-state index contributed by atoms with van der Waals surface area (Å²) < 4.78 is 5.37. The van der Waals surface area contributed by atoms with Crippen LogP contribution >= 0.6 is 0 Å². The minimum atomic E-state index is -0.765. The van der Waals surface area contributed by atoms with E-state index in [-0.39, 0.29) is 30.9 Å². The second kappa shape index (κ2) is 10.6. The Hall–Kier alpha value is -4.33. The smallest absolute Gasteiger partial charge is 0.322 e. The molecule has 3 heterocycles. The summed E-state index contributed by atoms with van der Waals surface area (Å²) in [4.78, 5) is 44.1. The number of hydrogen-bond acceptors (Lipinski definition) is 4. The highest BCUT2D eigenvalue weighted by Crippen LogP contribution is 2.38. The van der Waals surface area contributed by atoms with Gasteiger partial charge < -0.3 is 20.0 Å². The van der Waals surface area contributed by atoms with E-state index in [4.69, 9.17) is 4.42 Å². The number of amides is 4. The van der Waals surface area contributed by atoms with Crippen LogP contribution in [0.5, 0.6) is 0 Å². The van der Waals surface area contributed by atoms with Crippen LogP contribution in [0.25, 0.3) is 0 Å². The summed E-state index contributed by atoms with van der Waals surface area (Å²) in [6, 6.07) is 17.6. The van der Waals surface area contributed by atoms with Crippen molar-refractivity contribution in [2.75, 3.05) is 13.1 Å². The third-order valence-electron chi connectivity index (χ3n) is 7.27. The first-order valence-electron chi connectivity index (χ1n) is 12.9. The number of likely N-dealkylation sites (N-methyl/N-ethyl adjacent to an activating group) is 1. The first-order valence-corrected chi connectivity index (χ1v) is 12.9. The molecule has 0 saturated carbocycles. The van der Waals surface area contributed by atoms with Gasteiger partial charge in [0.2, 0.25) is 5.91 Å². The number of urea groups is 1. The van der Waals surface area contributed by atoms with Crippen molar-refractivity contribution in [1.82, 2.24) is 20.4 Å². The van der Waals surface area contributed by atoms with Crippen LogP contribution in [0, 0.1) is 13.8 Å². The fourth-order valence-corrected chi connectivity index (χ4v) is 5.37. The minimum absolute atomic E-state index is 0.183. The van der Waals surface area contributed by atoms with Crippen molar-refractivity contribution < 1.29 is 18.8 Å². The third-order valence-corrected chi connectivity index (χ3v) is 7.27. The fraction of sp³-hybridized carbons (Fsp3) is 0.300. The molecule has 8 nitrogen and oxygen atoms in total. The minimum Gasteiger partial charge on any atom is -0.467 e. The Balaban J connectivity index is 1.49. The highest BCUT2D eigenvalue weighted by Gasteiger charge is 2.47. The van der Waals surface area contributed by atoms with Gasteiger partial charge in [-0.1, -0.05) is 54.1 Å². The maximum Gasteiger partial charge on any atom is 0.322 e. The van der Waals surface area contributed by atoms with Gasteiger partial charge in [-0.2, -0.15) is 0 Å². The predicted octanol–water partition coefficient (Wildman–Crippen LogP) is 4.01. The van der Waals surface area contributed by atoms with Gasteiger partial charge in [0.05, 0.1) is 36.7 Å². The van der Waals surface area contributed by atoms with Gasteiger partial charge in [0.25, 0.3) is 5.91 Å². The van der Waals surface area contributed by atoms with Gasteiger partial charge >= 0.3 is 6.03 Å². The molecular weight excluding hydrogens is 480 g/mol. The predicted molar refractivity (Wildman–Crippen MR) is 143 cm³/mol. The molecule has 2 N–H and O–H groups in total. The lowest BCUT2D eigenvalue weighted by molar-refractivity contribution is -0.136. The molecule has 0 radical (unpaired) electrons. The van der Waals surface area contributed by atoms with Gasteiger partial charge in [0.1, 0.15) is 11.8 Å². The number of nitrogens with one attached hydrogen (secondary N) is 2. The Morgan fingerprint density at radius 2 is 1.89 bits per heavy atom. The summed E-state index contributed by atoms with van der Waals surface area (Å²) in [5.41, 5.74) is 5.10. The van der Waals surface area contributed by atoms with Gasteiger partial charge in [-0.05, 0) is 49.6 Å². The van der Waals surface area contributed by atoms with Crippen molar-refractivity contribution in [3.8, 4) is 0 Å². The number of benzene rings is 2. The van der Waals surface area contributed by atoms with Crippen molar-refractivity contribution in [2.24, 2.45) is 0 Å². The van der Waals surface area contributed by atoms with Crippen LogP contribution < -0.4 is 10.6 Å². The lowest BCUT2D eigenvalue weighted by Crippen LogP contribution is -2.49. The van der Waals surface area contributed by atoms with E-state index in [1.807, 2.05) is 69.3 Å². The molecule has 3 aromatic rings. The van der Waals surface area contributed by atoms with E-state index in [0.29, 0.717) is 30.0 Å². The van der Waals surface area contributed by atoms with E-state index in [9.17, 15) is 14.4 Å². The standard InChI is InChI=1S/C30H32N4O4/c1-4-33-25-18-34(29(36)26(25)27(32-30(33)37)23-13-12-19(2)15-20(23)3)24(16-21-9-6-5-7-10-21)28(35)31-17-22-11-8-14-38-22/h5-15,24,27H,4,16-18H2,1-3H3,(H,31,35)(H,32,37)/t24-,27-/m1/s1. The Kier molecular flexibility index (Phi) is 7.05. The van der Waals surface area contributed by atoms with E-state index in [2.05, 4.69) is 10.6 Å². The highest BCUT2D eigenvalue weighted by atomic mass is 16.3. The molecular formula is C30H32N4O4. The molecule has 2 aliphatic rings. The second-order valence-corrected chi connectivity index (χ2v) is 9.78. The van der Waals surface area contributed by atoms with E-state index < -0.39 is 12.1 Å². The molecule has 5 rings (SSSR count). The lowest BCUT2D eigenvalue weighted by atomic mass is 9.91. The summed E-state index contributed by atoms with van der Waals surface area (Å²) in [7, 11) is 0. The Labute approximate surface area is 222 Å². The zero-order valence-electron chi connectivity index (χ0n) is 21.9. The summed E-state index contributed by atoms with van der Waals surface area (Å²) in [6.07, 6.45) is 1.90. The first-order chi connectivity index (χ1) is 18.4. The third kappa shape index (κ3) is 4.81. The molecule has 196 valence electrons. The largest absolute Gasteiger partial charge is 0.467 e. The number of carbonyl (C=O) groups excluding carboxylic acids is 3.